The quantitative estimate of drug-likeness (QED) is 0.725. The van der Waals surface area contributed by atoms with E-state index in [-0.39, 0.29) is 0 Å². The maximum absolute atomic E-state index is 3.59. The van der Waals surface area contributed by atoms with Crippen LogP contribution < -0.4 is 5.32 Å². The van der Waals surface area contributed by atoms with Gasteiger partial charge in [-0.3, -0.25) is 4.90 Å². The van der Waals surface area contributed by atoms with Crippen molar-refractivity contribution in [3.63, 3.8) is 0 Å². The summed E-state index contributed by atoms with van der Waals surface area (Å²) >= 11 is 0. The van der Waals surface area contributed by atoms with Crippen LogP contribution in [0.4, 0.5) is 0 Å². The first kappa shape index (κ1) is 10.4. The van der Waals surface area contributed by atoms with E-state index in [1.807, 2.05) is 0 Å². The zero-order valence-electron chi connectivity index (χ0n) is 9.84. The van der Waals surface area contributed by atoms with Crippen molar-refractivity contribution in [1.29, 1.82) is 0 Å². The van der Waals surface area contributed by atoms with Crippen LogP contribution in [0.5, 0.6) is 0 Å². The van der Waals surface area contributed by atoms with Crippen molar-refractivity contribution in [3.05, 3.63) is 0 Å². The van der Waals surface area contributed by atoms with Crippen LogP contribution >= 0.6 is 0 Å². The maximum Gasteiger partial charge on any atom is 0.0195 e. The van der Waals surface area contributed by atoms with Gasteiger partial charge in [-0.05, 0) is 45.6 Å². The van der Waals surface area contributed by atoms with E-state index in [1.165, 1.54) is 38.9 Å². The standard InChI is InChI=1S/C12H24N2/c1-10-7-12(2,3)14(8-10)9-11-5-4-6-13-11/h10-11,13H,4-9H2,1-3H3/t10?,11-/m0/s1. The van der Waals surface area contributed by atoms with E-state index in [4.69, 9.17) is 0 Å². The lowest BCUT2D eigenvalue weighted by Gasteiger charge is -2.33. The lowest BCUT2D eigenvalue weighted by molar-refractivity contribution is 0.160. The van der Waals surface area contributed by atoms with E-state index in [2.05, 4.69) is 31.0 Å². The minimum absolute atomic E-state index is 0.434. The molecule has 2 aliphatic rings. The lowest BCUT2D eigenvalue weighted by atomic mass is 9.97. The minimum atomic E-state index is 0.434. The van der Waals surface area contributed by atoms with Crippen LogP contribution in [0.15, 0.2) is 0 Å². The van der Waals surface area contributed by atoms with Gasteiger partial charge in [0.2, 0.25) is 0 Å². The SMILES string of the molecule is CC1CN(C[C@@H]2CCCN2)C(C)(C)C1. The van der Waals surface area contributed by atoms with Gasteiger partial charge in [0.25, 0.3) is 0 Å². The Morgan fingerprint density at radius 2 is 2.21 bits per heavy atom. The fourth-order valence-corrected chi connectivity index (χ4v) is 3.17. The van der Waals surface area contributed by atoms with Crippen LogP contribution in [0.3, 0.4) is 0 Å². The summed E-state index contributed by atoms with van der Waals surface area (Å²) in [4.78, 5) is 2.68. The van der Waals surface area contributed by atoms with Gasteiger partial charge in [-0.1, -0.05) is 6.92 Å². The Balaban J connectivity index is 1.90. The third-order valence-corrected chi connectivity index (χ3v) is 3.84. The van der Waals surface area contributed by atoms with E-state index in [0.29, 0.717) is 5.54 Å². The van der Waals surface area contributed by atoms with E-state index >= 15 is 0 Å². The predicted octanol–water partition coefficient (Wildman–Crippen LogP) is 1.86. The highest BCUT2D eigenvalue weighted by Gasteiger charge is 2.37. The summed E-state index contributed by atoms with van der Waals surface area (Å²) in [5, 5.41) is 3.59. The summed E-state index contributed by atoms with van der Waals surface area (Å²) in [6, 6.07) is 0.763. The van der Waals surface area contributed by atoms with Crippen molar-refractivity contribution < 1.29 is 0 Å². The Labute approximate surface area is 88.1 Å². The van der Waals surface area contributed by atoms with Crippen LogP contribution in [-0.2, 0) is 0 Å². The van der Waals surface area contributed by atoms with Crippen molar-refractivity contribution in [2.75, 3.05) is 19.6 Å². The molecule has 0 bridgehead atoms. The molecule has 14 heavy (non-hydrogen) atoms. The molecule has 0 aromatic carbocycles. The highest BCUT2D eigenvalue weighted by molar-refractivity contribution is 4.93. The van der Waals surface area contributed by atoms with E-state index in [9.17, 15) is 0 Å². The van der Waals surface area contributed by atoms with Crippen LogP contribution in [0.1, 0.15) is 40.0 Å². The lowest BCUT2D eigenvalue weighted by Crippen LogP contribution is -2.45. The second kappa shape index (κ2) is 3.82. The van der Waals surface area contributed by atoms with Crippen molar-refractivity contribution in [2.24, 2.45) is 5.92 Å². The molecule has 0 amide bonds. The molecule has 1 N–H and O–H groups in total. The number of nitrogens with one attached hydrogen (secondary N) is 1. The number of hydrogen-bond acceptors (Lipinski definition) is 2. The van der Waals surface area contributed by atoms with Crippen LogP contribution in [0.2, 0.25) is 0 Å². The molecule has 2 atom stereocenters. The number of rotatable bonds is 2. The number of hydrogen-bond donors (Lipinski definition) is 1. The first-order valence-corrected chi connectivity index (χ1v) is 6.06. The van der Waals surface area contributed by atoms with E-state index in [0.717, 1.165) is 12.0 Å². The summed E-state index contributed by atoms with van der Waals surface area (Å²) in [5.41, 5.74) is 0.434. The van der Waals surface area contributed by atoms with E-state index < -0.39 is 0 Å². The van der Waals surface area contributed by atoms with Crippen molar-refractivity contribution in [3.8, 4) is 0 Å². The molecule has 0 aliphatic carbocycles. The van der Waals surface area contributed by atoms with Crippen LogP contribution in [-0.4, -0.2) is 36.1 Å². The smallest absolute Gasteiger partial charge is 0.0195 e. The zero-order chi connectivity index (χ0) is 10.2. The Morgan fingerprint density at radius 1 is 1.43 bits per heavy atom. The molecule has 2 heteroatoms. The third-order valence-electron chi connectivity index (χ3n) is 3.84. The molecule has 2 rings (SSSR count). The van der Waals surface area contributed by atoms with Gasteiger partial charge in [0.05, 0.1) is 0 Å². The van der Waals surface area contributed by atoms with Crippen molar-refractivity contribution >= 4 is 0 Å². The molecule has 82 valence electrons. The van der Waals surface area contributed by atoms with Gasteiger partial charge in [0.1, 0.15) is 0 Å². The molecule has 0 saturated carbocycles. The minimum Gasteiger partial charge on any atom is -0.313 e. The fraction of sp³-hybridized carbons (Fsp3) is 1.00. The van der Waals surface area contributed by atoms with E-state index in [1.54, 1.807) is 0 Å². The average Bonchev–Trinajstić information content (AvgIpc) is 2.61. The molecule has 1 unspecified atom stereocenters. The highest BCUT2D eigenvalue weighted by atomic mass is 15.2. The Morgan fingerprint density at radius 3 is 2.71 bits per heavy atom. The van der Waals surface area contributed by atoms with Crippen LogP contribution in [0.25, 0.3) is 0 Å². The Hall–Kier alpha value is -0.0800. The second-order valence-corrected chi connectivity index (χ2v) is 5.82. The monoisotopic (exact) mass is 196 g/mol. The molecule has 2 fully saturated rings. The number of nitrogens with zero attached hydrogens (tertiary/aromatic N) is 1. The highest BCUT2D eigenvalue weighted by Crippen LogP contribution is 2.32. The van der Waals surface area contributed by atoms with Gasteiger partial charge in [-0.15, -0.1) is 0 Å². The van der Waals surface area contributed by atoms with Gasteiger partial charge in [-0.2, -0.15) is 0 Å². The molecule has 0 radical (unpaired) electrons. The summed E-state index contributed by atoms with van der Waals surface area (Å²) < 4.78 is 0. The van der Waals surface area contributed by atoms with Gasteiger partial charge in [0, 0.05) is 24.7 Å². The molecule has 2 aliphatic heterocycles. The normalized spacial score (nSPS) is 37.9. The number of likely N-dealkylation sites (tertiary alicyclic amines) is 1. The molecular formula is C12H24N2. The van der Waals surface area contributed by atoms with Gasteiger partial charge < -0.3 is 5.32 Å². The molecule has 0 spiro atoms. The predicted molar refractivity (Wildman–Crippen MR) is 60.5 cm³/mol. The van der Waals surface area contributed by atoms with Gasteiger partial charge >= 0.3 is 0 Å². The molecular weight excluding hydrogens is 172 g/mol. The summed E-state index contributed by atoms with van der Waals surface area (Å²) in [6.07, 6.45) is 4.11. The molecule has 2 saturated heterocycles. The molecule has 0 aromatic heterocycles. The largest absolute Gasteiger partial charge is 0.313 e. The maximum atomic E-state index is 3.59. The Kier molecular flexibility index (Phi) is 2.85. The first-order chi connectivity index (χ1) is 6.58. The van der Waals surface area contributed by atoms with Crippen LogP contribution in [0, 0.1) is 5.92 Å². The molecule has 0 aromatic rings. The third kappa shape index (κ3) is 2.12. The van der Waals surface area contributed by atoms with Gasteiger partial charge in [-0.25, -0.2) is 0 Å². The molecule has 2 heterocycles. The second-order valence-electron chi connectivity index (χ2n) is 5.82. The topological polar surface area (TPSA) is 15.3 Å². The first-order valence-electron chi connectivity index (χ1n) is 6.06. The Bertz CT molecular complexity index is 194. The average molecular weight is 196 g/mol. The van der Waals surface area contributed by atoms with Crippen molar-refractivity contribution in [2.45, 2.75) is 51.6 Å². The summed E-state index contributed by atoms with van der Waals surface area (Å²) in [7, 11) is 0. The fourth-order valence-electron chi connectivity index (χ4n) is 3.17. The van der Waals surface area contributed by atoms with Crippen molar-refractivity contribution in [1.82, 2.24) is 10.2 Å². The van der Waals surface area contributed by atoms with Gasteiger partial charge in [0.15, 0.2) is 0 Å². The molecule has 2 nitrogen and oxygen atoms in total. The summed E-state index contributed by atoms with van der Waals surface area (Å²) in [6.45, 7) is 11.0. The zero-order valence-corrected chi connectivity index (χ0v) is 9.84. The summed E-state index contributed by atoms with van der Waals surface area (Å²) in [5.74, 6) is 0.881.